The van der Waals surface area contributed by atoms with Gasteiger partial charge in [-0.05, 0) is 13.0 Å². The minimum absolute atomic E-state index is 0.142. The predicted molar refractivity (Wildman–Crippen MR) is 72.6 cm³/mol. The zero-order chi connectivity index (χ0) is 14.3. The third kappa shape index (κ3) is 1.87. The molecule has 2 aliphatic heterocycles. The van der Waals surface area contributed by atoms with Crippen molar-refractivity contribution in [2.75, 3.05) is 11.9 Å². The Hall–Kier alpha value is -2.56. The number of carbonyl (C=O) groups excluding carboxylic acids is 2. The second-order valence-corrected chi connectivity index (χ2v) is 4.67. The highest BCUT2D eigenvalue weighted by molar-refractivity contribution is 6.32. The summed E-state index contributed by atoms with van der Waals surface area (Å²) in [5.41, 5.74) is 2.60. The maximum absolute atomic E-state index is 12.2. The van der Waals surface area contributed by atoms with E-state index in [0.717, 1.165) is 11.3 Å². The molecule has 1 amide bonds. The second-order valence-electron chi connectivity index (χ2n) is 4.67. The lowest BCUT2D eigenvalue weighted by molar-refractivity contribution is -0.152. The molecule has 102 valence electrons. The molecule has 0 N–H and O–H groups in total. The van der Waals surface area contributed by atoms with Gasteiger partial charge in [0.2, 0.25) is 0 Å². The van der Waals surface area contributed by atoms with Gasteiger partial charge in [0.05, 0.1) is 11.3 Å². The average Bonchev–Trinajstić information content (AvgIpc) is 2.88. The highest BCUT2D eigenvalue weighted by Gasteiger charge is 2.30. The molecular formula is C15H13NO4. The Kier molecular flexibility index (Phi) is 2.82. The van der Waals surface area contributed by atoms with E-state index < -0.39 is 12.3 Å². The van der Waals surface area contributed by atoms with Gasteiger partial charge in [-0.2, -0.15) is 0 Å². The third-order valence-corrected chi connectivity index (χ3v) is 3.34. The van der Waals surface area contributed by atoms with E-state index in [9.17, 15) is 9.59 Å². The standard InChI is InChI=1S/C15H13NO4/c1-9-7-13(20-15(9)18)19-8-11-10-5-3-4-6-12(10)16(2)14(11)17/h3-8,13H,1-2H3/b11-8-. The summed E-state index contributed by atoms with van der Waals surface area (Å²) < 4.78 is 10.3. The second kappa shape index (κ2) is 4.52. The van der Waals surface area contributed by atoms with Crippen LogP contribution in [0.25, 0.3) is 5.57 Å². The fourth-order valence-corrected chi connectivity index (χ4v) is 2.22. The summed E-state index contributed by atoms with van der Waals surface area (Å²) in [6.45, 7) is 1.66. The number of hydrogen-bond donors (Lipinski definition) is 0. The molecule has 3 rings (SSSR count). The van der Waals surface area contributed by atoms with Crippen LogP contribution in [0.4, 0.5) is 5.69 Å². The van der Waals surface area contributed by atoms with Crippen molar-refractivity contribution in [3.63, 3.8) is 0 Å². The summed E-state index contributed by atoms with van der Waals surface area (Å²) in [6, 6.07) is 7.46. The molecule has 1 aromatic carbocycles. The van der Waals surface area contributed by atoms with Crippen molar-refractivity contribution in [1.29, 1.82) is 0 Å². The van der Waals surface area contributed by atoms with Crippen LogP contribution in [-0.2, 0) is 19.1 Å². The summed E-state index contributed by atoms with van der Waals surface area (Å²) in [4.78, 5) is 24.9. The Morgan fingerprint density at radius 2 is 2.05 bits per heavy atom. The zero-order valence-electron chi connectivity index (χ0n) is 11.1. The molecule has 5 heteroatoms. The Morgan fingerprint density at radius 1 is 1.30 bits per heavy atom. The van der Waals surface area contributed by atoms with E-state index in [4.69, 9.17) is 9.47 Å². The van der Waals surface area contributed by atoms with Gasteiger partial charge in [0.25, 0.3) is 12.2 Å². The van der Waals surface area contributed by atoms with Crippen molar-refractivity contribution in [3.05, 3.63) is 47.7 Å². The molecule has 1 aromatic rings. The van der Waals surface area contributed by atoms with Gasteiger partial charge in [0.15, 0.2) is 0 Å². The van der Waals surface area contributed by atoms with Gasteiger partial charge in [-0.3, -0.25) is 4.79 Å². The van der Waals surface area contributed by atoms with Crippen molar-refractivity contribution in [3.8, 4) is 0 Å². The van der Waals surface area contributed by atoms with Crippen LogP contribution in [0.2, 0.25) is 0 Å². The average molecular weight is 271 g/mol. The van der Waals surface area contributed by atoms with Gasteiger partial charge in [-0.25, -0.2) is 4.79 Å². The summed E-state index contributed by atoms with van der Waals surface area (Å²) in [7, 11) is 1.71. The number of fused-ring (bicyclic) bond motifs is 1. The minimum atomic E-state index is -0.763. The quantitative estimate of drug-likeness (QED) is 0.468. The third-order valence-electron chi connectivity index (χ3n) is 3.34. The van der Waals surface area contributed by atoms with Gasteiger partial charge in [0.1, 0.15) is 6.26 Å². The van der Waals surface area contributed by atoms with Crippen molar-refractivity contribution in [2.24, 2.45) is 0 Å². The molecule has 0 fully saturated rings. The smallest absolute Gasteiger partial charge is 0.336 e. The van der Waals surface area contributed by atoms with E-state index in [1.54, 1.807) is 24.9 Å². The molecule has 1 unspecified atom stereocenters. The topological polar surface area (TPSA) is 55.8 Å². The molecule has 5 nitrogen and oxygen atoms in total. The number of hydrogen-bond acceptors (Lipinski definition) is 4. The van der Waals surface area contributed by atoms with E-state index in [1.165, 1.54) is 6.26 Å². The molecule has 1 atom stereocenters. The molecule has 0 bridgehead atoms. The first-order valence-electron chi connectivity index (χ1n) is 6.20. The highest BCUT2D eigenvalue weighted by atomic mass is 16.7. The van der Waals surface area contributed by atoms with Gasteiger partial charge in [0, 0.05) is 24.3 Å². The maximum atomic E-state index is 12.2. The number of carbonyl (C=O) groups is 2. The first-order valence-corrected chi connectivity index (χ1v) is 6.20. The molecule has 0 spiro atoms. The normalized spacial score (nSPS) is 22.9. The van der Waals surface area contributed by atoms with E-state index in [2.05, 4.69) is 0 Å². The minimum Gasteiger partial charge on any atom is -0.458 e. The van der Waals surface area contributed by atoms with Crippen molar-refractivity contribution in [1.82, 2.24) is 0 Å². The number of esters is 1. The molecule has 20 heavy (non-hydrogen) atoms. The van der Waals surface area contributed by atoms with Crippen molar-refractivity contribution < 1.29 is 19.1 Å². The molecule has 2 aliphatic rings. The Morgan fingerprint density at radius 3 is 2.75 bits per heavy atom. The number of para-hydroxylation sites is 1. The van der Waals surface area contributed by atoms with Crippen LogP contribution < -0.4 is 4.90 Å². The summed E-state index contributed by atoms with van der Waals surface area (Å²) in [5, 5.41) is 0. The first-order chi connectivity index (χ1) is 9.58. The van der Waals surface area contributed by atoms with E-state index in [-0.39, 0.29) is 5.91 Å². The van der Waals surface area contributed by atoms with Crippen LogP contribution in [0.3, 0.4) is 0 Å². The number of anilines is 1. The molecule has 0 radical (unpaired) electrons. The lowest BCUT2D eigenvalue weighted by Crippen LogP contribution is -2.20. The van der Waals surface area contributed by atoms with Crippen molar-refractivity contribution >= 4 is 23.1 Å². The lowest BCUT2D eigenvalue weighted by Gasteiger charge is -2.09. The van der Waals surface area contributed by atoms with Crippen LogP contribution >= 0.6 is 0 Å². The number of nitrogens with zero attached hydrogens (tertiary/aromatic N) is 1. The molecule has 0 saturated heterocycles. The molecule has 0 aliphatic carbocycles. The number of benzene rings is 1. The van der Waals surface area contributed by atoms with Crippen LogP contribution in [0, 0.1) is 0 Å². The monoisotopic (exact) mass is 271 g/mol. The van der Waals surface area contributed by atoms with Gasteiger partial charge in [-0.1, -0.05) is 18.2 Å². The fourth-order valence-electron chi connectivity index (χ4n) is 2.22. The fraction of sp³-hybridized carbons (Fsp3) is 0.200. The lowest BCUT2D eigenvalue weighted by atomic mass is 10.1. The Bertz CT molecular complexity index is 660. The molecule has 2 heterocycles. The van der Waals surface area contributed by atoms with Crippen LogP contribution in [0.5, 0.6) is 0 Å². The van der Waals surface area contributed by atoms with Crippen LogP contribution in [0.1, 0.15) is 12.5 Å². The number of likely N-dealkylation sites (N-methyl/N-ethyl adjacent to an activating group) is 1. The van der Waals surface area contributed by atoms with E-state index in [1.807, 2.05) is 24.3 Å². The molecule has 0 aromatic heterocycles. The maximum Gasteiger partial charge on any atom is 0.336 e. The van der Waals surface area contributed by atoms with Gasteiger partial charge < -0.3 is 14.4 Å². The van der Waals surface area contributed by atoms with E-state index in [0.29, 0.717) is 11.1 Å². The molecule has 0 saturated carbocycles. The molecular weight excluding hydrogens is 258 g/mol. The SMILES string of the molecule is CC1=CC(O/C=C2\C(=O)N(C)c3ccccc32)OC1=O. The van der Waals surface area contributed by atoms with Crippen LogP contribution in [-0.4, -0.2) is 25.2 Å². The predicted octanol–water partition coefficient (Wildman–Crippen LogP) is 1.85. The van der Waals surface area contributed by atoms with Crippen LogP contribution in [0.15, 0.2) is 42.2 Å². The largest absolute Gasteiger partial charge is 0.458 e. The summed E-state index contributed by atoms with van der Waals surface area (Å²) in [6.07, 6.45) is 2.17. The number of cyclic esters (lactones) is 1. The van der Waals surface area contributed by atoms with E-state index >= 15 is 0 Å². The Labute approximate surface area is 116 Å². The Balaban J connectivity index is 1.86. The zero-order valence-corrected chi connectivity index (χ0v) is 11.1. The number of ether oxygens (including phenoxy) is 2. The first kappa shape index (κ1) is 12.5. The summed E-state index contributed by atoms with van der Waals surface area (Å²) in [5.74, 6) is -0.542. The highest BCUT2D eigenvalue weighted by Crippen LogP contribution is 2.35. The summed E-state index contributed by atoms with van der Waals surface area (Å²) >= 11 is 0. The van der Waals surface area contributed by atoms with Crippen molar-refractivity contribution in [2.45, 2.75) is 13.2 Å². The van der Waals surface area contributed by atoms with Gasteiger partial charge in [-0.15, -0.1) is 0 Å². The number of rotatable bonds is 2. The van der Waals surface area contributed by atoms with Gasteiger partial charge >= 0.3 is 5.97 Å². The number of amides is 1.